The number of ether oxygens (including phenoxy) is 1. The molecule has 1 aromatic carbocycles. The summed E-state index contributed by atoms with van der Waals surface area (Å²) >= 11 is 0. The van der Waals surface area contributed by atoms with Crippen LogP contribution in [0.2, 0.25) is 0 Å². The van der Waals surface area contributed by atoms with E-state index in [0.29, 0.717) is 35.7 Å². The molecule has 0 aliphatic rings. The minimum Gasteiger partial charge on any atom is -0.494 e. The van der Waals surface area contributed by atoms with E-state index in [9.17, 15) is 9.00 Å². The normalized spacial score (nSPS) is 12.2. The second kappa shape index (κ2) is 7.89. The Morgan fingerprint density at radius 2 is 2.15 bits per heavy atom. The Kier molecular flexibility index (Phi) is 6.51. The lowest BCUT2D eigenvalue weighted by molar-refractivity contribution is -0.116. The van der Waals surface area contributed by atoms with Crippen molar-refractivity contribution in [2.75, 3.05) is 23.9 Å². The van der Waals surface area contributed by atoms with Crippen molar-refractivity contribution in [2.45, 2.75) is 31.9 Å². The molecule has 0 radical (unpaired) electrons. The molecule has 1 aromatic rings. The van der Waals surface area contributed by atoms with Crippen LogP contribution in [0.25, 0.3) is 0 Å². The maximum absolute atomic E-state index is 11.8. The van der Waals surface area contributed by atoms with Gasteiger partial charge in [-0.3, -0.25) is 9.00 Å². The molecule has 6 heteroatoms. The molecule has 112 valence electrons. The molecule has 1 rings (SSSR count). The van der Waals surface area contributed by atoms with Crippen molar-refractivity contribution in [3.05, 3.63) is 18.2 Å². The van der Waals surface area contributed by atoms with Gasteiger partial charge >= 0.3 is 0 Å². The second-order valence-corrected chi connectivity index (χ2v) is 6.86. The number of methoxy groups -OCH3 is 1. The topological polar surface area (TPSA) is 81.4 Å². The summed E-state index contributed by atoms with van der Waals surface area (Å²) in [5.74, 6) is 0.960. The van der Waals surface area contributed by atoms with Gasteiger partial charge < -0.3 is 15.8 Å². The van der Waals surface area contributed by atoms with Gasteiger partial charge in [0.2, 0.25) is 5.91 Å². The fourth-order valence-electron chi connectivity index (χ4n) is 1.63. The number of hydrogen-bond acceptors (Lipinski definition) is 4. The third kappa shape index (κ3) is 5.21. The number of nitrogens with two attached hydrogens (primary N) is 1. The Bertz CT molecular complexity index is 489. The van der Waals surface area contributed by atoms with Crippen LogP contribution in [0.3, 0.4) is 0 Å². The van der Waals surface area contributed by atoms with Crippen LogP contribution in [0.4, 0.5) is 11.4 Å². The van der Waals surface area contributed by atoms with Gasteiger partial charge in [0.05, 0.1) is 12.8 Å². The first-order valence-corrected chi connectivity index (χ1v) is 7.92. The number of nitrogen functional groups attached to an aromatic ring is 1. The van der Waals surface area contributed by atoms with Crippen molar-refractivity contribution in [2.24, 2.45) is 0 Å². The average Bonchev–Trinajstić information content (AvgIpc) is 2.40. The molecule has 20 heavy (non-hydrogen) atoms. The summed E-state index contributed by atoms with van der Waals surface area (Å²) < 4.78 is 16.7. The van der Waals surface area contributed by atoms with Gasteiger partial charge in [0, 0.05) is 40.0 Å². The Hall–Kier alpha value is -1.56. The number of hydrogen-bond donors (Lipinski definition) is 2. The van der Waals surface area contributed by atoms with Crippen LogP contribution in [0, 0.1) is 0 Å². The highest BCUT2D eigenvalue weighted by molar-refractivity contribution is 7.85. The fraction of sp³-hybridized carbons (Fsp3) is 0.500. The first-order chi connectivity index (χ1) is 9.43. The van der Waals surface area contributed by atoms with Crippen LogP contribution in [0.5, 0.6) is 5.75 Å². The standard InChI is InChI=1S/C14H22N2O3S/c1-10(2)20(18)8-4-5-14(17)16-12-7-6-11(15)9-13(12)19-3/h6-7,9-10H,4-5,8,15H2,1-3H3,(H,16,17). The largest absolute Gasteiger partial charge is 0.494 e. The molecule has 1 atom stereocenters. The van der Waals surface area contributed by atoms with E-state index >= 15 is 0 Å². The zero-order valence-corrected chi connectivity index (χ0v) is 13.0. The fourth-order valence-corrected chi connectivity index (χ4v) is 2.53. The number of amides is 1. The van der Waals surface area contributed by atoms with Crippen molar-refractivity contribution in [1.82, 2.24) is 0 Å². The zero-order chi connectivity index (χ0) is 15.1. The van der Waals surface area contributed by atoms with Crippen LogP contribution < -0.4 is 15.8 Å². The summed E-state index contributed by atoms with van der Waals surface area (Å²) in [6.07, 6.45) is 0.944. The van der Waals surface area contributed by atoms with E-state index in [4.69, 9.17) is 10.5 Å². The van der Waals surface area contributed by atoms with Gasteiger partial charge in [-0.2, -0.15) is 0 Å². The number of rotatable bonds is 7. The quantitative estimate of drug-likeness (QED) is 0.756. The van der Waals surface area contributed by atoms with Gasteiger partial charge in [-0.05, 0) is 18.6 Å². The van der Waals surface area contributed by atoms with Gasteiger partial charge in [0.25, 0.3) is 0 Å². The highest BCUT2D eigenvalue weighted by Crippen LogP contribution is 2.26. The molecule has 0 saturated heterocycles. The Labute approximate surface area is 122 Å². The molecule has 0 heterocycles. The molecular weight excluding hydrogens is 276 g/mol. The Morgan fingerprint density at radius 1 is 1.45 bits per heavy atom. The van der Waals surface area contributed by atoms with Gasteiger partial charge in [0.15, 0.2) is 0 Å². The summed E-state index contributed by atoms with van der Waals surface area (Å²) in [4.78, 5) is 11.8. The molecule has 0 spiro atoms. The van der Waals surface area contributed by atoms with E-state index < -0.39 is 10.8 Å². The summed E-state index contributed by atoms with van der Waals surface area (Å²) in [7, 11) is 0.659. The lowest BCUT2D eigenvalue weighted by atomic mass is 10.2. The summed E-state index contributed by atoms with van der Waals surface area (Å²) in [6, 6.07) is 5.06. The molecule has 0 aliphatic heterocycles. The average molecular weight is 298 g/mol. The first-order valence-electron chi connectivity index (χ1n) is 6.54. The van der Waals surface area contributed by atoms with Crippen LogP contribution in [0.1, 0.15) is 26.7 Å². The molecule has 0 saturated carbocycles. The SMILES string of the molecule is COc1cc(N)ccc1NC(=O)CCCS(=O)C(C)C. The van der Waals surface area contributed by atoms with Crippen molar-refractivity contribution in [3.63, 3.8) is 0 Å². The highest BCUT2D eigenvalue weighted by Gasteiger charge is 2.10. The predicted molar refractivity (Wildman–Crippen MR) is 83.4 cm³/mol. The number of nitrogens with one attached hydrogen (secondary N) is 1. The minimum absolute atomic E-state index is 0.117. The molecule has 0 bridgehead atoms. The number of benzene rings is 1. The van der Waals surface area contributed by atoms with Gasteiger partial charge in [0.1, 0.15) is 5.75 Å². The maximum atomic E-state index is 11.8. The first kappa shape index (κ1) is 16.5. The monoisotopic (exact) mass is 298 g/mol. The summed E-state index contributed by atoms with van der Waals surface area (Å²) in [5, 5.41) is 2.91. The van der Waals surface area contributed by atoms with E-state index in [1.165, 1.54) is 7.11 Å². The van der Waals surface area contributed by atoms with Crippen LogP contribution in [0.15, 0.2) is 18.2 Å². The van der Waals surface area contributed by atoms with E-state index in [0.717, 1.165) is 0 Å². The minimum atomic E-state index is -0.865. The van der Waals surface area contributed by atoms with E-state index in [2.05, 4.69) is 5.32 Å². The zero-order valence-electron chi connectivity index (χ0n) is 12.1. The summed E-state index contributed by atoms with van der Waals surface area (Å²) in [5.41, 5.74) is 6.82. The molecule has 0 fully saturated rings. The van der Waals surface area contributed by atoms with Crippen LogP contribution >= 0.6 is 0 Å². The van der Waals surface area contributed by atoms with Crippen LogP contribution in [-0.2, 0) is 15.6 Å². The molecule has 0 aromatic heterocycles. The van der Waals surface area contributed by atoms with Gasteiger partial charge in [-0.25, -0.2) is 0 Å². The third-order valence-corrected chi connectivity index (χ3v) is 4.52. The summed E-state index contributed by atoms with van der Waals surface area (Å²) in [6.45, 7) is 3.82. The molecular formula is C14H22N2O3S. The molecule has 0 aliphatic carbocycles. The van der Waals surface area contributed by atoms with Gasteiger partial charge in [-0.1, -0.05) is 13.8 Å². The molecule has 1 unspecified atom stereocenters. The number of carbonyl (C=O) groups excluding carboxylic acids is 1. The van der Waals surface area contributed by atoms with Crippen molar-refractivity contribution in [1.29, 1.82) is 0 Å². The maximum Gasteiger partial charge on any atom is 0.224 e. The Balaban J connectivity index is 2.48. The van der Waals surface area contributed by atoms with Crippen molar-refractivity contribution < 1.29 is 13.7 Å². The smallest absolute Gasteiger partial charge is 0.224 e. The lowest BCUT2D eigenvalue weighted by Gasteiger charge is -2.11. The predicted octanol–water partition coefficient (Wildman–Crippen LogP) is 2.15. The number of carbonyl (C=O) groups is 1. The third-order valence-electron chi connectivity index (χ3n) is 2.77. The van der Waals surface area contributed by atoms with E-state index in [1.54, 1.807) is 18.2 Å². The number of anilines is 2. The highest BCUT2D eigenvalue weighted by atomic mass is 32.2. The lowest BCUT2D eigenvalue weighted by Crippen LogP contribution is -2.15. The molecule has 5 nitrogen and oxygen atoms in total. The molecule has 1 amide bonds. The van der Waals surface area contributed by atoms with Crippen LogP contribution in [-0.4, -0.2) is 28.2 Å². The van der Waals surface area contributed by atoms with Crippen molar-refractivity contribution >= 4 is 28.1 Å². The van der Waals surface area contributed by atoms with E-state index in [1.807, 2.05) is 13.8 Å². The Morgan fingerprint density at radius 3 is 2.75 bits per heavy atom. The van der Waals surface area contributed by atoms with E-state index in [-0.39, 0.29) is 11.2 Å². The second-order valence-electron chi connectivity index (χ2n) is 4.75. The van der Waals surface area contributed by atoms with Crippen molar-refractivity contribution in [3.8, 4) is 5.75 Å². The molecule has 3 N–H and O–H groups in total. The van der Waals surface area contributed by atoms with Gasteiger partial charge in [-0.15, -0.1) is 0 Å².